The molecule has 3 aromatic heterocycles. The van der Waals surface area contributed by atoms with Crippen LogP contribution in [-0.2, 0) is 29.1 Å². The molecule has 4 aromatic rings. The maximum atomic E-state index is 14.7. The summed E-state index contributed by atoms with van der Waals surface area (Å²) in [5.41, 5.74) is 1.36. The average Bonchev–Trinajstić information content (AvgIpc) is 3.81. The van der Waals surface area contributed by atoms with E-state index in [1.165, 1.54) is 4.90 Å². The Kier molecular flexibility index (Phi) is 10.4. The first kappa shape index (κ1) is 38.5. The molecule has 1 aromatic carbocycles. The molecule has 1 saturated heterocycles. The van der Waals surface area contributed by atoms with Gasteiger partial charge in [0.1, 0.15) is 29.8 Å². The van der Waals surface area contributed by atoms with Crippen molar-refractivity contribution in [3.05, 3.63) is 59.3 Å². The number of carbonyl (C=O) groups excluding carboxylic acids is 4. The number of nitrogens with one attached hydrogen (secondary N) is 3. The number of thiophene rings is 1. The number of nitrogens with zero attached hydrogens (tertiary/aromatic N) is 4. The molecule has 9 rings (SSSR count). The number of hydrogen-bond donors (Lipinski definition) is 3. The molecule has 5 aliphatic rings. The van der Waals surface area contributed by atoms with E-state index >= 15 is 0 Å². The van der Waals surface area contributed by atoms with Gasteiger partial charge in [0.05, 0.1) is 23.0 Å². The van der Waals surface area contributed by atoms with Crippen LogP contribution in [0.5, 0.6) is 5.88 Å². The summed E-state index contributed by atoms with van der Waals surface area (Å²) in [6.45, 7) is -0.0102. The Morgan fingerprint density at radius 3 is 2.59 bits per heavy atom. The van der Waals surface area contributed by atoms with Gasteiger partial charge in [-0.3, -0.25) is 19.1 Å². The number of hydrogen-bond acceptors (Lipinski definition) is 11. The van der Waals surface area contributed by atoms with Crippen molar-refractivity contribution < 1.29 is 37.1 Å². The number of fused-ring (bicyclic) bond motifs is 5. The minimum absolute atomic E-state index is 0.0102. The highest BCUT2D eigenvalue weighted by atomic mass is 32.2. The number of allylic oxidation sites excluding steroid dienone is 1. The molecule has 58 heavy (non-hydrogen) atoms. The third kappa shape index (κ3) is 7.77. The number of carbonyl (C=O) groups is 4. The minimum atomic E-state index is -3.90. The van der Waals surface area contributed by atoms with Crippen molar-refractivity contribution in [3.8, 4) is 17.1 Å². The minimum Gasteiger partial charge on any atom is -0.472 e. The van der Waals surface area contributed by atoms with Crippen molar-refractivity contribution in [2.45, 2.75) is 119 Å². The van der Waals surface area contributed by atoms with E-state index in [0.29, 0.717) is 49.3 Å². The molecule has 17 heteroatoms. The molecule has 0 radical (unpaired) electrons. The van der Waals surface area contributed by atoms with Crippen LogP contribution < -0.4 is 20.1 Å². The molecule has 3 N–H and O–H groups in total. The predicted octanol–water partition coefficient (Wildman–Crippen LogP) is 5.00. The lowest BCUT2D eigenvalue weighted by Gasteiger charge is -2.30. The van der Waals surface area contributed by atoms with Crippen molar-refractivity contribution in [3.63, 3.8) is 0 Å². The number of benzene rings is 1. The van der Waals surface area contributed by atoms with E-state index in [4.69, 9.17) is 19.6 Å². The number of rotatable bonds is 8. The van der Waals surface area contributed by atoms with Crippen molar-refractivity contribution in [1.29, 1.82) is 0 Å². The summed E-state index contributed by atoms with van der Waals surface area (Å²) in [7, 11) is -3.90. The van der Waals surface area contributed by atoms with E-state index in [9.17, 15) is 27.6 Å². The van der Waals surface area contributed by atoms with E-state index in [2.05, 4.69) is 15.4 Å². The largest absolute Gasteiger partial charge is 0.472 e. The molecule has 306 valence electrons. The van der Waals surface area contributed by atoms with Gasteiger partial charge in [-0.25, -0.2) is 18.2 Å². The van der Waals surface area contributed by atoms with Gasteiger partial charge in [0.2, 0.25) is 27.7 Å². The number of aromatic nitrogens is 3. The Bertz CT molecular complexity index is 2370. The van der Waals surface area contributed by atoms with Gasteiger partial charge in [0.15, 0.2) is 5.65 Å². The molecule has 2 aliphatic heterocycles. The van der Waals surface area contributed by atoms with Crippen molar-refractivity contribution >= 4 is 61.7 Å². The lowest BCUT2D eigenvalue weighted by Crippen LogP contribution is -2.58. The molecule has 15 nitrogen and oxygen atoms in total. The van der Waals surface area contributed by atoms with Gasteiger partial charge in [-0.2, -0.15) is 21.0 Å². The van der Waals surface area contributed by atoms with Crippen LogP contribution in [0.1, 0.15) is 83.5 Å². The van der Waals surface area contributed by atoms with Crippen LogP contribution in [0.4, 0.5) is 4.79 Å². The van der Waals surface area contributed by atoms with Crippen LogP contribution in [0.2, 0.25) is 0 Å². The van der Waals surface area contributed by atoms with Crippen LogP contribution in [0.3, 0.4) is 0 Å². The number of sulfonamides is 1. The van der Waals surface area contributed by atoms with Crippen LogP contribution in [0, 0.1) is 5.92 Å². The number of amides is 4. The monoisotopic (exact) mass is 829 g/mol. The zero-order valence-electron chi connectivity index (χ0n) is 32.0. The van der Waals surface area contributed by atoms with Crippen LogP contribution in [0.25, 0.3) is 27.8 Å². The Morgan fingerprint density at radius 1 is 0.983 bits per heavy atom. The van der Waals surface area contributed by atoms with Crippen LogP contribution >= 0.6 is 11.3 Å². The van der Waals surface area contributed by atoms with Crippen LogP contribution in [0.15, 0.2) is 59.3 Å². The first-order valence-corrected chi connectivity index (χ1v) is 22.9. The topological polar surface area (TPSA) is 190 Å². The second-order valence-corrected chi connectivity index (χ2v) is 19.0. The molecule has 0 bridgehead atoms. The molecule has 0 unspecified atom stereocenters. The summed E-state index contributed by atoms with van der Waals surface area (Å²) >= 11 is 1.54. The van der Waals surface area contributed by atoms with Gasteiger partial charge in [0, 0.05) is 34.7 Å². The standard InChI is InChI=1S/C41H47N7O8S2/c49-37-34-20-28(55-35-21-33(25-18-19-57-24-25)42-36-30-13-8-9-14-31(30)45-48(35)36)23-47(34)38(50)32(43-40(52)56-27-11-6-7-12-27)15-5-3-1-2-4-10-26-22-41(26,44-37)39(51)46-58(53,54)29-16-17-29/h4,8-10,13-14,18-19,21,24,26-29,32,34H,1-3,5-7,11-12,15-17,20,22-23H2,(H,43,52)(H,44,49)(H,46,51)/t26-,28-,32+,34+,41-/m1/s1. The van der Waals surface area contributed by atoms with E-state index in [-0.39, 0.29) is 25.5 Å². The van der Waals surface area contributed by atoms with Gasteiger partial charge in [-0.15, -0.1) is 0 Å². The average molecular weight is 830 g/mol. The third-order valence-electron chi connectivity index (χ3n) is 12.1. The first-order valence-electron chi connectivity index (χ1n) is 20.4. The lowest BCUT2D eigenvalue weighted by atomic mass is 10.0. The van der Waals surface area contributed by atoms with Gasteiger partial charge >= 0.3 is 6.09 Å². The number of ether oxygens (including phenoxy) is 2. The third-order valence-corrected chi connectivity index (χ3v) is 14.6. The van der Waals surface area contributed by atoms with E-state index in [0.717, 1.165) is 55.0 Å². The van der Waals surface area contributed by atoms with Gasteiger partial charge in [0.25, 0.3) is 5.91 Å². The van der Waals surface area contributed by atoms with Crippen molar-refractivity contribution in [2.24, 2.45) is 5.92 Å². The summed E-state index contributed by atoms with van der Waals surface area (Å²) < 4.78 is 42.2. The van der Waals surface area contributed by atoms with Crippen molar-refractivity contribution in [1.82, 2.24) is 34.9 Å². The predicted molar refractivity (Wildman–Crippen MR) is 215 cm³/mol. The van der Waals surface area contributed by atoms with Gasteiger partial charge < -0.3 is 25.0 Å². The molecule has 4 fully saturated rings. The summed E-state index contributed by atoms with van der Waals surface area (Å²) in [4.78, 5) is 62.7. The second kappa shape index (κ2) is 15.6. The SMILES string of the molecule is O=C(N[C@H]1CCCCCC=C[C@@H]2C[C@@]2(C(=O)NS(=O)(=O)C2CC2)NC(=O)[C@@H]2C[C@@H](Oc3cc(-c4ccsc4)nc4c5ccccc5nn34)CN2C1=O)OC1CCCC1. The van der Waals surface area contributed by atoms with E-state index < -0.39 is 68.7 Å². The quantitative estimate of drug-likeness (QED) is 0.204. The fourth-order valence-corrected chi connectivity index (χ4v) is 10.6. The van der Waals surface area contributed by atoms with Crippen molar-refractivity contribution in [2.75, 3.05) is 6.54 Å². The maximum absolute atomic E-state index is 14.7. The van der Waals surface area contributed by atoms with E-state index in [1.54, 1.807) is 21.9 Å². The van der Waals surface area contributed by atoms with Crippen LogP contribution in [-0.4, -0.2) is 93.4 Å². The molecular weight excluding hydrogens is 783 g/mol. The van der Waals surface area contributed by atoms with Gasteiger partial charge in [-0.1, -0.05) is 37.1 Å². The normalized spacial score (nSPS) is 27.0. The zero-order chi connectivity index (χ0) is 40.0. The first-order chi connectivity index (χ1) is 28.1. The van der Waals surface area contributed by atoms with Gasteiger partial charge in [-0.05, 0) is 87.8 Å². The highest BCUT2D eigenvalue weighted by Crippen LogP contribution is 2.46. The highest BCUT2D eigenvalue weighted by Gasteiger charge is 2.62. The lowest BCUT2D eigenvalue weighted by molar-refractivity contribution is -0.141. The molecule has 4 amide bonds. The molecule has 5 atom stereocenters. The van der Waals surface area contributed by atoms with E-state index in [1.807, 2.05) is 53.2 Å². The highest BCUT2D eigenvalue weighted by molar-refractivity contribution is 7.91. The molecule has 3 saturated carbocycles. The maximum Gasteiger partial charge on any atom is 0.408 e. The number of alkyl carbamates (subject to hydrolysis) is 1. The Labute approximate surface area is 340 Å². The zero-order valence-corrected chi connectivity index (χ0v) is 33.6. The smallest absolute Gasteiger partial charge is 0.408 e. The molecule has 3 aliphatic carbocycles. The summed E-state index contributed by atoms with van der Waals surface area (Å²) in [5.74, 6) is -1.92. The second-order valence-electron chi connectivity index (χ2n) is 16.2. The molecular formula is C41H47N7O8S2. The fourth-order valence-electron chi connectivity index (χ4n) is 8.60. The summed E-state index contributed by atoms with van der Waals surface area (Å²) in [6, 6.07) is 9.31. The molecule has 5 heterocycles. The summed E-state index contributed by atoms with van der Waals surface area (Å²) in [6.07, 6.45) is 10.2. The Balaban J connectivity index is 1.04. The fraction of sp³-hybridized carbons (Fsp3) is 0.512. The Morgan fingerprint density at radius 2 is 1.79 bits per heavy atom. The Hall–Kier alpha value is -5.03. The molecule has 0 spiro atoms. The summed E-state index contributed by atoms with van der Waals surface area (Å²) in [5, 5.41) is 14.7.